The van der Waals surface area contributed by atoms with E-state index in [0.717, 1.165) is 22.1 Å². The van der Waals surface area contributed by atoms with E-state index >= 15 is 0 Å². The summed E-state index contributed by atoms with van der Waals surface area (Å²) in [6, 6.07) is 11.9. The van der Waals surface area contributed by atoms with Crippen molar-refractivity contribution in [3.63, 3.8) is 0 Å². The summed E-state index contributed by atoms with van der Waals surface area (Å²) in [6.07, 6.45) is 0. The molecule has 0 amide bonds. The van der Waals surface area contributed by atoms with Crippen LogP contribution >= 0.6 is 11.6 Å². The number of para-hydroxylation sites is 1. The van der Waals surface area contributed by atoms with Gasteiger partial charge in [-0.2, -0.15) is 0 Å². The van der Waals surface area contributed by atoms with Gasteiger partial charge in [0.2, 0.25) is 0 Å². The first-order valence-electron chi connectivity index (χ1n) is 6.50. The molecule has 3 aromatic rings. The van der Waals surface area contributed by atoms with Crippen molar-refractivity contribution in [2.45, 2.75) is 13.0 Å². The summed E-state index contributed by atoms with van der Waals surface area (Å²) >= 11 is 5.83. The van der Waals surface area contributed by atoms with Crippen molar-refractivity contribution >= 4 is 22.6 Å². The molecule has 3 N–H and O–H groups in total. The first-order chi connectivity index (χ1) is 10.1. The number of hydrogen-bond acceptors (Lipinski definition) is 3. The number of benzene rings is 2. The van der Waals surface area contributed by atoms with Gasteiger partial charge in [-0.25, -0.2) is 9.82 Å². The van der Waals surface area contributed by atoms with Gasteiger partial charge in [0.25, 0.3) is 0 Å². The molecule has 0 saturated carbocycles. The van der Waals surface area contributed by atoms with Gasteiger partial charge >= 0.3 is 0 Å². The number of furan rings is 1. The maximum Gasteiger partial charge on any atom is 0.141 e. The maximum atomic E-state index is 13.3. The summed E-state index contributed by atoms with van der Waals surface area (Å²) in [5.41, 5.74) is 5.29. The van der Waals surface area contributed by atoms with Crippen LogP contribution in [-0.2, 0) is 0 Å². The fourth-order valence-corrected chi connectivity index (χ4v) is 2.59. The van der Waals surface area contributed by atoms with Gasteiger partial charge in [0.15, 0.2) is 0 Å². The van der Waals surface area contributed by atoms with Crippen molar-refractivity contribution in [2.75, 3.05) is 0 Å². The monoisotopic (exact) mass is 304 g/mol. The highest BCUT2D eigenvalue weighted by molar-refractivity contribution is 6.30. The van der Waals surface area contributed by atoms with Crippen molar-refractivity contribution in [1.29, 1.82) is 0 Å². The Morgan fingerprint density at radius 1 is 1.24 bits per heavy atom. The molecule has 3 nitrogen and oxygen atoms in total. The Hall–Kier alpha value is -1.88. The smallest absolute Gasteiger partial charge is 0.141 e. The molecule has 1 unspecified atom stereocenters. The predicted molar refractivity (Wildman–Crippen MR) is 81.5 cm³/mol. The molecule has 0 aliphatic heterocycles. The third kappa shape index (κ3) is 2.53. The molecule has 0 aliphatic rings. The Kier molecular flexibility index (Phi) is 3.68. The van der Waals surface area contributed by atoms with E-state index < -0.39 is 11.9 Å². The first kappa shape index (κ1) is 14.1. The lowest BCUT2D eigenvalue weighted by Gasteiger charge is -2.14. The summed E-state index contributed by atoms with van der Waals surface area (Å²) in [5.74, 6) is 5.83. The number of fused-ring (bicyclic) bond motifs is 1. The Morgan fingerprint density at radius 3 is 2.71 bits per heavy atom. The zero-order valence-electron chi connectivity index (χ0n) is 11.4. The average Bonchev–Trinajstić information content (AvgIpc) is 2.89. The van der Waals surface area contributed by atoms with Crippen LogP contribution in [0.4, 0.5) is 4.39 Å². The van der Waals surface area contributed by atoms with Crippen molar-refractivity contribution in [3.05, 3.63) is 70.2 Å². The fraction of sp³-hybridized carbons (Fsp3) is 0.125. The summed E-state index contributed by atoms with van der Waals surface area (Å²) < 4.78 is 19.2. The SMILES string of the molecule is Cc1cccc2cc(C(NN)c3ccc(F)c(Cl)c3)oc12. The molecular weight excluding hydrogens is 291 g/mol. The molecule has 0 aliphatic carbocycles. The minimum atomic E-state index is -0.461. The van der Waals surface area contributed by atoms with Crippen LogP contribution in [0.25, 0.3) is 11.0 Å². The normalized spacial score (nSPS) is 12.8. The van der Waals surface area contributed by atoms with Gasteiger partial charge in [-0.15, -0.1) is 0 Å². The third-order valence-electron chi connectivity index (χ3n) is 3.49. The maximum absolute atomic E-state index is 13.3. The molecule has 3 rings (SSSR count). The molecule has 0 fully saturated rings. The van der Waals surface area contributed by atoms with E-state index in [9.17, 15) is 4.39 Å². The number of nitrogens with two attached hydrogens (primary N) is 1. The van der Waals surface area contributed by atoms with E-state index in [1.807, 2.05) is 31.2 Å². The van der Waals surface area contributed by atoms with Crippen LogP contribution in [0.5, 0.6) is 0 Å². The minimum Gasteiger partial charge on any atom is -0.459 e. The molecule has 0 spiro atoms. The number of halogens is 2. The number of aryl methyl sites for hydroxylation is 1. The third-order valence-corrected chi connectivity index (χ3v) is 3.78. The quantitative estimate of drug-likeness (QED) is 0.566. The molecule has 108 valence electrons. The topological polar surface area (TPSA) is 51.2 Å². The molecule has 21 heavy (non-hydrogen) atoms. The molecule has 1 aromatic heterocycles. The van der Waals surface area contributed by atoms with E-state index in [1.165, 1.54) is 6.07 Å². The van der Waals surface area contributed by atoms with E-state index in [4.69, 9.17) is 21.9 Å². The number of hydrogen-bond donors (Lipinski definition) is 2. The molecule has 0 saturated heterocycles. The molecule has 0 radical (unpaired) electrons. The molecule has 0 bridgehead atoms. The van der Waals surface area contributed by atoms with Crippen LogP contribution < -0.4 is 11.3 Å². The van der Waals surface area contributed by atoms with Crippen LogP contribution in [0.3, 0.4) is 0 Å². The van der Waals surface area contributed by atoms with Crippen molar-refractivity contribution < 1.29 is 8.81 Å². The lowest BCUT2D eigenvalue weighted by molar-refractivity contribution is 0.476. The molecular formula is C16H14ClFN2O. The predicted octanol–water partition coefficient (Wildman–Crippen LogP) is 4.09. The van der Waals surface area contributed by atoms with E-state index in [2.05, 4.69) is 5.43 Å². The van der Waals surface area contributed by atoms with E-state index in [1.54, 1.807) is 12.1 Å². The largest absolute Gasteiger partial charge is 0.459 e. The number of rotatable bonds is 3. The Balaban J connectivity index is 2.09. The lowest BCUT2D eigenvalue weighted by Crippen LogP contribution is -2.28. The second-order valence-electron chi connectivity index (χ2n) is 4.92. The number of hydrazine groups is 1. The summed E-state index contributed by atoms with van der Waals surface area (Å²) in [6.45, 7) is 1.98. The second kappa shape index (κ2) is 5.48. The Morgan fingerprint density at radius 2 is 2.05 bits per heavy atom. The highest BCUT2D eigenvalue weighted by atomic mass is 35.5. The van der Waals surface area contributed by atoms with Gasteiger partial charge in [0, 0.05) is 5.39 Å². The van der Waals surface area contributed by atoms with Crippen LogP contribution in [0.15, 0.2) is 46.9 Å². The molecule has 5 heteroatoms. The standard InChI is InChI=1S/C16H14ClFN2O/c1-9-3-2-4-11-8-14(21-16(9)11)15(20-19)10-5-6-13(18)12(17)7-10/h2-8,15,20H,19H2,1H3. The van der Waals surface area contributed by atoms with Crippen LogP contribution in [0.1, 0.15) is 22.9 Å². The highest BCUT2D eigenvalue weighted by Gasteiger charge is 2.19. The number of nitrogens with one attached hydrogen (secondary N) is 1. The summed E-state index contributed by atoms with van der Waals surface area (Å²) in [7, 11) is 0. The van der Waals surface area contributed by atoms with Gasteiger partial charge in [-0.3, -0.25) is 5.84 Å². The van der Waals surface area contributed by atoms with Crippen molar-refractivity contribution in [2.24, 2.45) is 5.84 Å². The second-order valence-corrected chi connectivity index (χ2v) is 5.32. The first-order valence-corrected chi connectivity index (χ1v) is 6.88. The van der Waals surface area contributed by atoms with Crippen molar-refractivity contribution in [1.82, 2.24) is 5.43 Å². The lowest BCUT2D eigenvalue weighted by atomic mass is 10.0. The van der Waals surface area contributed by atoms with Crippen LogP contribution in [0, 0.1) is 12.7 Å². The zero-order valence-corrected chi connectivity index (χ0v) is 12.1. The van der Waals surface area contributed by atoms with E-state index in [0.29, 0.717) is 5.76 Å². The van der Waals surface area contributed by atoms with Gasteiger partial charge in [-0.1, -0.05) is 35.9 Å². The van der Waals surface area contributed by atoms with Gasteiger partial charge < -0.3 is 4.42 Å². The fourth-order valence-electron chi connectivity index (χ4n) is 2.41. The van der Waals surface area contributed by atoms with Crippen molar-refractivity contribution in [3.8, 4) is 0 Å². The highest BCUT2D eigenvalue weighted by Crippen LogP contribution is 2.30. The molecule has 1 heterocycles. The van der Waals surface area contributed by atoms with Crippen LogP contribution in [-0.4, -0.2) is 0 Å². The summed E-state index contributed by atoms with van der Waals surface area (Å²) in [5, 5.41) is 1.05. The zero-order chi connectivity index (χ0) is 15.0. The van der Waals surface area contributed by atoms with Gasteiger partial charge in [0.1, 0.15) is 23.2 Å². The minimum absolute atomic E-state index is 0.0556. The van der Waals surface area contributed by atoms with E-state index in [-0.39, 0.29) is 5.02 Å². The Bertz CT molecular complexity index is 800. The summed E-state index contributed by atoms with van der Waals surface area (Å²) in [4.78, 5) is 0. The average molecular weight is 305 g/mol. The van der Waals surface area contributed by atoms with Crippen LogP contribution in [0.2, 0.25) is 5.02 Å². The molecule has 2 aromatic carbocycles. The molecule has 1 atom stereocenters. The Labute approximate surface area is 126 Å². The van der Waals surface area contributed by atoms with Gasteiger partial charge in [0.05, 0.1) is 5.02 Å². The van der Waals surface area contributed by atoms with Gasteiger partial charge in [-0.05, 0) is 36.2 Å².